The van der Waals surface area contributed by atoms with Crippen molar-refractivity contribution in [3.63, 3.8) is 0 Å². The van der Waals surface area contributed by atoms with Gasteiger partial charge in [0, 0.05) is 24.5 Å². The van der Waals surface area contributed by atoms with E-state index in [1.165, 1.54) is 5.56 Å². The van der Waals surface area contributed by atoms with Crippen LogP contribution in [0.5, 0.6) is 0 Å². The predicted octanol–water partition coefficient (Wildman–Crippen LogP) is 6.49. The molecule has 8 heteroatoms. The van der Waals surface area contributed by atoms with Crippen molar-refractivity contribution in [1.82, 2.24) is 9.80 Å². The summed E-state index contributed by atoms with van der Waals surface area (Å²) in [5.41, 5.74) is 4.93. The summed E-state index contributed by atoms with van der Waals surface area (Å²) in [5, 5.41) is 0. The number of carbonyl (C=O) groups is 2. The van der Waals surface area contributed by atoms with E-state index in [4.69, 9.17) is 0 Å². The Morgan fingerprint density at radius 3 is 1.50 bits per heavy atom. The van der Waals surface area contributed by atoms with Crippen molar-refractivity contribution >= 4 is 32.7 Å². The van der Waals surface area contributed by atoms with Gasteiger partial charge >= 0.3 is 27.7 Å². The number of halogens is 1. The normalized spacial score (nSPS) is 26.0. The second-order valence-corrected chi connectivity index (χ2v) is 12.7. The Bertz CT molecular complexity index is 1350. The first-order valence-corrected chi connectivity index (χ1v) is 16.8. The van der Waals surface area contributed by atoms with Crippen molar-refractivity contribution in [3.8, 4) is 0 Å². The second-order valence-electron chi connectivity index (χ2n) is 12.7. The third kappa shape index (κ3) is 5.04. The Kier molecular flexibility index (Phi) is 8.35. The average Bonchev–Trinajstić information content (AvgIpc) is 3.78. The summed E-state index contributed by atoms with van der Waals surface area (Å²) >= 11 is 2.22. The summed E-state index contributed by atoms with van der Waals surface area (Å²) in [6.45, 7) is 8.48. The van der Waals surface area contributed by atoms with Crippen LogP contribution in [-0.2, 0) is 33.2 Å². The van der Waals surface area contributed by atoms with E-state index in [9.17, 15) is 9.59 Å². The molecule has 3 aromatic carbocycles. The zero-order valence-corrected chi connectivity index (χ0v) is 26.6. The second kappa shape index (κ2) is 11.9. The van der Waals surface area contributed by atoms with E-state index in [1.54, 1.807) is 0 Å². The summed E-state index contributed by atoms with van der Waals surface area (Å²) in [6, 6.07) is 28.2. The maximum atomic E-state index is 13.8. The SMILES string of the molecule is CC(C)(C)c1cc([C@H]2N(c3ccccc3)C(=O)[C@@H]3CCCN32)[c-]c([C@H]2N(c3ccccc3)C(=O)[C@@H]3CCCN32)c1.[Cl][Pd+]. The van der Waals surface area contributed by atoms with Crippen LogP contribution in [0.15, 0.2) is 72.8 Å². The van der Waals surface area contributed by atoms with Crippen molar-refractivity contribution in [2.24, 2.45) is 0 Å². The quantitative estimate of drug-likeness (QED) is 0.235. The molecule has 42 heavy (non-hydrogen) atoms. The topological polar surface area (TPSA) is 47.1 Å². The molecule has 0 N–H and O–H groups in total. The minimum absolute atomic E-state index is 0.0998. The van der Waals surface area contributed by atoms with Crippen molar-refractivity contribution < 1.29 is 27.8 Å². The van der Waals surface area contributed by atoms with Crippen LogP contribution in [0.25, 0.3) is 0 Å². The minimum atomic E-state index is -0.222. The number of nitrogens with zero attached hydrogens (tertiary/aromatic N) is 4. The summed E-state index contributed by atoms with van der Waals surface area (Å²) in [6.07, 6.45) is 3.38. The molecule has 7 rings (SSSR count). The van der Waals surface area contributed by atoms with Gasteiger partial charge in [0.1, 0.15) is 0 Å². The first-order chi connectivity index (χ1) is 20.3. The number of fused-ring (bicyclic) bond motifs is 2. The summed E-state index contributed by atoms with van der Waals surface area (Å²) in [5.74, 6) is 0.345. The van der Waals surface area contributed by atoms with Gasteiger partial charge in [-0.25, -0.2) is 0 Å². The van der Waals surface area contributed by atoms with Crippen molar-refractivity contribution in [1.29, 1.82) is 0 Å². The Labute approximate surface area is 264 Å². The van der Waals surface area contributed by atoms with Crippen molar-refractivity contribution in [3.05, 3.63) is 95.6 Å². The fraction of sp³-hybridized carbons (Fsp3) is 0.412. The number of anilines is 2. The van der Waals surface area contributed by atoms with E-state index in [-0.39, 0.29) is 41.6 Å². The van der Waals surface area contributed by atoms with Crippen LogP contribution in [-0.4, -0.2) is 46.8 Å². The number of hydrogen-bond acceptors (Lipinski definition) is 4. The molecule has 4 heterocycles. The molecule has 4 fully saturated rings. The van der Waals surface area contributed by atoms with Gasteiger partial charge in [-0.15, -0.1) is 11.1 Å². The molecule has 0 bridgehead atoms. The zero-order chi connectivity index (χ0) is 29.6. The van der Waals surface area contributed by atoms with E-state index in [1.807, 2.05) is 70.5 Å². The molecule has 2 amide bonds. The molecule has 0 radical (unpaired) electrons. The molecule has 222 valence electrons. The predicted molar refractivity (Wildman–Crippen MR) is 163 cm³/mol. The molecule has 0 saturated carbocycles. The van der Waals surface area contributed by atoms with E-state index < -0.39 is 0 Å². The van der Waals surface area contributed by atoms with Gasteiger partial charge in [0.05, 0.1) is 24.4 Å². The van der Waals surface area contributed by atoms with Crippen LogP contribution >= 0.6 is 9.53 Å². The number of benzene rings is 3. The van der Waals surface area contributed by atoms with Crippen molar-refractivity contribution in [2.45, 2.75) is 76.3 Å². The molecule has 4 atom stereocenters. The third-order valence-corrected chi connectivity index (χ3v) is 9.15. The molecule has 6 nitrogen and oxygen atoms in total. The van der Waals surface area contributed by atoms with E-state index in [0.717, 1.165) is 61.3 Å². The van der Waals surface area contributed by atoms with Crippen LogP contribution in [0.2, 0.25) is 0 Å². The van der Waals surface area contributed by atoms with Crippen LogP contribution in [0.3, 0.4) is 0 Å². The Morgan fingerprint density at radius 1 is 0.714 bits per heavy atom. The molecule has 4 saturated heterocycles. The third-order valence-electron chi connectivity index (χ3n) is 9.15. The Balaban J connectivity index is 0.00000155. The number of rotatable bonds is 4. The number of para-hydroxylation sites is 2. The van der Waals surface area contributed by atoms with Crippen LogP contribution in [0.4, 0.5) is 11.4 Å². The van der Waals surface area contributed by atoms with Gasteiger partial charge in [0.25, 0.3) is 0 Å². The van der Waals surface area contributed by atoms with Crippen LogP contribution in [0, 0.1) is 6.07 Å². The molecule has 4 aliphatic rings. The molecular formula is C34H37ClN4O2Pd. The van der Waals surface area contributed by atoms with E-state index in [2.05, 4.69) is 76.5 Å². The zero-order valence-electron chi connectivity index (χ0n) is 24.3. The number of hydrogen-bond donors (Lipinski definition) is 0. The molecule has 3 aromatic rings. The summed E-state index contributed by atoms with van der Waals surface area (Å²) in [4.78, 5) is 36.4. The average molecular weight is 676 g/mol. The van der Waals surface area contributed by atoms with Crippen LogP contribution in [0.1, 0.15) is 75.5 Å². The van der Waals surface area contributed by atoms with Gasteiger partial charge < -0.3 is 0 Å². The molecule has 0 aliphatic carbocycles. The fourth-order valence-electron chi connectivity index (χ4n) is 7.23. The van der Waals surface area contributed by atoms with Gasteiger partial charge in [-0.05, 0) is 55.4 Å². The monoisotopic (exact) mass is 674 g/mol. The molecule has 0 spiro atoms. The molecule has 0 aromatic heterocycles. The van der Waals surface area contributed by atoms with Gasteiger partial charge in [0.2, 0.25) is 11.8 Å². The number of carbonyl (C=O) groups excluding carboxylic acids is 2. The first-order valence-electron chi connectivity index (χ1n) is 14.8. The van der Waals surface area contributed by atoms with Gasteiger partial charge in [-0.1, -0.05) is 57.2 Å². The van der Waals surface area contributed by atoms with E-state index in [0.29, 0.717) is 0 Å². The van der Waals surface area contributed by atoms with E-state index >= 15 is 0 Å². The number of amides is 2. The molecule has 0 unspecified atom stereocenters. The molecular weight excluding hydrogens is 638 g/mol. The fourth-order valence-corrected chi connectivity index (χ4v) is 7.23. The Hall–Kier alpha value is -2.53. The first kappa shape index (κ1) is 29.5. The molecule has 4 aliphatic heterocycles. The van der Waals surface area contributed by atoms with Gasteiger partial charge in [-0.2, -0.15) is 23.8 Å². The standard InChI is InChI=1S/C34H37N4O2.ClH.Pd/c1-34(2,3)25-21-23(30-35-18-10-16-28(35)32(39)37(30)26-12-6-4-7-13-26)20-24(22-25)31-36-19-11-17-29(36)33(40)38(31)27-14-8-5-9-15-27;;/h4-9,12-15,21-22,28-31H,10-11,16-19H2,1-3H3;1H;/q-1;;+2/p-1/t28-,29-,30+,31+;;/m0../s1. The summed E-state index contributed by atoms with van der Waals surface area (Å²) < 4.78 is 0. The van der Waals surface area contributed by atoms with Gasteiger partial charge in [0.15, 0.2) is 0 Å². The Morgan fingerprint density at radius 2 is 1.12 bits per heavy atom. The maximum absolute atomic E-state index is 13.8. The summed E-state index contributed by atoms with van der Waals surface area (Å²) in [7, 11) is 4.49. The van der Waals surface area contributed by atoms with Gasteiger partial charge in [-0.3, -0.25) is 29.2 Å². The van der Waals surface area contributed by atoms with Crippen LogP contribution < -0.4 is 9.80 Å². The van der Waals surface area contributed by atoms with Crippen molar-refractivity contribution in [2.75, 3.05) is 22.9 Å².